The highest BCUT2D eigenvalue weighted by Gasteiger charge is 2.24. The van der Waals surface area contributed by atoms with Gasteiger partial charge in [-0.15, -0.1) is 5.10 Å². The summed E-state index contributed by atoms with van der Waals surface area (Å²) in [7, 11) is 0. The number of carbonyl (C=O) groups is 1. The average molecular weight is 399 g/mol. The molecule has 2 heterocycles. The average Bonchev–Trinajstić information content (AvgIpc) is 3.46. The number of amides is 1. The van der Waals surface area contributed by atoms with E-state index in [1.807, 2.05) is 35.0 Å². The van der Waals surface area contributed by atoms with Crippen LogP contribution in [0.3, 0.4) is 0 Å². The molecule has 8 nitrogen and oxygen atoms in total. The van der Waals surface area contributed by atoms with Gasteiger partial charge in [-0.3, -0.25) is 4.79 Å². The zero-order chi connectivity index (χ0) is 20.3. The van der Waals surface area contributed by atoms with E-state index in [4.69, 9.17) is 0 Å². The quantitative estimate of drug-likeness (QED) is 0.557. The topological polar surface area (TPSA) is 90.5 Å². The highest BCUT2D eigenvalue weighted by molar-refractivity contribution is 5.91. The molecule has 150 valence electrons. The normalized spacial score (nSPS) is 15.5. The third-order valence-electron chi connectivity index (χ3n) is 5.49. The monoisotopic (exact) mass is 399 g/mol. The predicted octanol–water partition coefficient (Wildman–Crippen LogP) is 2.97. The van der Waals surface area contributed by atoms with Crippen LogP contribution in [0.1, 0.15) is 35.6 Å². The van der Waals surface area contributed by atoms with Crippen LogP contribution in [-0.2, 0) is 17.6 Å². The van der Waals surface area contributed by atoms with Gasteiger partial charge in [-0.05, 0) is 58.5 Å². The second-order valence-electron chi connectivity index (χ2n) is 7.41. The van der Waals surface area contributed by atoms with Gasteiger partial charge in [-0.25, -0.2) is 9.36 Å². The van der Waals surface area contributed by atoms with Gasteiger partial charge in [0.2, 0.25) is 5.91 Å². The third kappa shape index (κ3) is 3.59. The van der Waals surface area contributed by atoms with Crippen LogP contribution < -0.4 is 5.32 Å². The highest BCUT2D eigenvalue weighted by Crippen LogP contribution is 2.34. The molecule has 0 spiro atoms. The smallest absolute Gasteiger partial charge is 0.229 e. The number of aromatic nitrogens is 6. The fourth-order valence-corrected chi connectivity index (χ4v) is 4.06. The van der Waals surface area contributed by atoms with E-state index in [2.05, 4.69) is 50.2 Å². The molecule has 1 amide bonds. The summed E-state index contributed by atoms with van der Waals surface area (Å²) in [6.07, 6.45) is 6.78. The molecule has 0 saturated carbocycles. The number of nitrogens with one attached hydrogen (secondary N) is 1. The van der Waals surface area contributed by atoms with Crippen molar-refractivity contribution in [1.29, 1.82) is 0 Å². The number of benzene rings is 2. The second kappa shape index (κ2) is 7.90. The lowest BCUT2D eigenvalue weighted by Crippen LogP contribution is -2.23. The first-order chi connectivity index (χ1) is 14.8. The molecule has 1 atom stereocenters. The van der Waals surface area contributed by atoms with Crippen molar-refractivity contribution in [2.24, 2.45) is 0 Å². The van der Waals surface area contributed by atoms with Crippen molar-refractivity contribution in [3.8, 4) is 5.69 Å². The molecule has 1 aliphatic carbocycles. The van der Waals surface area contributed by atoms with Crippen LogP contribution in [0, 0.1) is 0 Å². The summed E-state index contributed by atoms with van der Waals surface area (Å²) < 4.78 is 3.52. The molecule has 30 heavy (non-hydrogen) atoms. The lowest BCUT2D eigenvalue weighted by atomic mass is 9.88. The molecule has 4 aromatic rings. The number of hydrogen-bond donors (Lipinski definition) is 1. The standard InChI is InChI=1S/C22H21N7O/c30-22(14-16-8-10-18(11-9-16)28-15-23-26-27-28)25-21-12-13-24-29(21)20-7-3-5-17-4-1-2-6-19(17)20/h1-2,4,6,8-13,15,20H,3,5,7,14H2,(H,25,30). The molecule has 0 fully saturated rings. The minimum Gasteiger partial charge on any atom is -0.311 e. The van der Waals surface area contributed by atoms with Gasteiger partial charge in [0, 0.05) is 6.07 Å². The molecular formula is C22H21N7O. The Labute approximate surface area is 173 Å². The summed E-state index contributed by atoms with van der Waals surface area (Å²) in [5.41, 5.74) is 4.42. The number of carbonyl (C=O) groups excluding carboxylic acids is 1. The van der Waals surface area contributed by atoms with Gasteiger partial charge in [0.1, 0.15) is 12.1 Å². The first-order valence-corrected chi connectivity index (χ1v) is 10.0. The summed E-state index contributed by atoms with van der Waals surface area (Å²) in [6.45, 7) is 0. The second-order valence-corrected chi connectivity index (χ2v) is 7.41. The lowest BCUT2D eigenvalue weighted by molar-refractivity contribution is -0.115. The van der Waals surface area contributed by atoms with E-state index in [1.54, 1.807) is 10.9 Å². The van der Waals surface area contributed by atoms with Crippen LogP contribution in [-0.4, -0.2) is 35.9 Å². The van der Waals surface area contributed by atoms with Gasteiger partial charge in [-0.1, -0.05) is 36.4 Å². The van der Waals surface area contributed by atoms with Crippen LogP contribution >= 0.6 is 0 Å². The number of anilines is 1. The third-order valence-corrected chi connectivity index (χ3v) is 5.49. The van der Waals surface area contributed by atoms with E-state index >= 15 is 0 Å². The molecule has 5 rings (SSSR count). The Hall–Kier alpha value is -3.81. The summed E-state index contributed by atoms with van der Waals surface area (Å²) in [5, 5.41) is 18.7. The highest BCUT2D eigenvalue weighted by atomic mass is 16.1. The summed E-state index contributed by atoms with van der Waals surface area (Å²) >= 11 is 0. The van der Waals surface area contributed by atoms with Crippen LogP contribution in [0.25, 0.3) is 5.69 Å². The number of nitrogens with zero attached hydrogens (tertiary/aromatic N) is 6. The zero-order valence-electron chi connectivity index (χ0n) is 16.3. The SMILES string of the molecule is O=C(Cc1ccc(-n2cnnn2)cc1)Nc1ccnn1C1CCCc2ccccc21. The van der Waals surface area contributed by atoms with Crippen molar-refractivity contribution in [2.45, 2.75) is 31.7 Å². The Balaban J connectivity index is 1.30. The minimum absolute atomic E-state index is 0.0731. The van der Waals surface area contributed by atoms with E-state index in [1.165, 1.54) is 17.5 Å². The number of hydrogen-bond acceptors (Lipinski definition) is 5. The van der Waals surface area contributed by atoms with Crippen molar-refractivity contribution in [1.82, 2.24) is 30.0 Å². The van der Waals surface area contributed by atoms with Gasteiger partial charge in [0.05, 0.1) is 24.3 Å². The molecule has 2 aromatic carbocycles. The molecule has 0 saturated heterocycles. The van der Waals surface area contributed by atoms with Gasteiger partial charge in [0.15, 0.2) is 0 Å². The zero-order valence-corrected chi connectivity index (χ0v) is 16.3. The van der Waals surface area contributed by atoms with Crippen molar-refractivity contribution in [3.05, 3.63) is 83.8 Å². The fourth-order valence-electron chi connectivity index (χ4n) is 4.06. The maximum absolute atomic E-state index is 12.7. The Kier molecular flexibility index (Phi) is 4.80. The Morgan fingerprint density at radius 1 is 1.10 bits per heavy atom. The van der Waals surface area contributed by atoms with E-state index in [-0.39, 0.29) is 18.4 Å². The Morgan fingerprint density at radius 3 is 2.80 bits per heavy atom. The molecule has 8 heteroatoms. The van der Waals surface area contributed by atoms with E-state index < -0.39 is 0 Å². The predicted molar refractivity (Wildman–Crippen MR) is 111 cm³/mol. The lowest BCUT2D eigenvalue weighted by Gasteiger charge is -2.27. The molecule has 0 radical (unpaired) electrons. The molecule has 1 aliphatic rings. The van der Waals surface area contributed by atoms with Crippen LogP contribution in [0.5, 0.6) is 0 Å². The number of tetrazole rings is 1. The van der Waals surface area contributed by atoms with Crippen molar-refractivity contribution in [2.75, 3.05) is 5.32 Å². The largest absolute Gasteiger partial charge is 0.311 e. The van der Waals surface area contributed by atoms with Crippen LogP contribution in [0.2, 0.25) is 0 Å². The molecule has 1 N–H and O–H groups in total. The maximum atomic E-state index is 12.7. The number of fused-ring (bicyclic) bond motifs is 1. The summed E-state index contributed by atoms with van der Waals surface area (Å²) in [6, 6.07) is 18.1. The molecular weight excluding hydrogens is 378 g/mol. The van der Waals surface area contributed by atoms with Gasteiger partial charge >= 0.3 is 0 Å². The van der Waals surface area contributed by atoms with Crippen molar-refractivity contribution < 1.29 is 4.79 Å². The first-order valence-electron chi connectivity index (χ1n) is 10.0. The van der Waals surface area contributed by atoms with E-state index in [9.17, 15) is 4.79 Å². The van der Waals surface area contributed by atoms with Crippen LogP contribution in [0.15, 0.2) is 67.1 Å². The van der Waals surface area contributed by atoms with Crippen molar-refractivity contribution >= 4 is 11.7 Å². The van der Waals surface area contributed by atoms with E-state index in [0.29, 0.717) is 0 Å². The number of rotatable bonds is 5. The van der Waals surface area contributed by atoms with E-state index in [0.717, 1.165) is 36.3 Å². The van der Waals surface area contributed by atoms with Crippen LogP contribution in [0.4, 0.5) is 5.82 Å². The first kappa shape index (κ1) is 18.2. The molecule has 1 unspecified atom stereocenters. The Bertz CT molecular complexity index is 1150. The summed E-state index contributed by atoms with van der Waals surface area (Å²) in [5.74, 6) is 0.656. The summed E-state index contributed by atoms with van der Waals surface area (Å²) in [4.78, 5) is 12.7. The molecule has 0 bridgehead atoms. The van der Waals surface area contributed by atoms with Gasteiger partial charge in [0.25, 0.3) is 0 Å². The van der Waals surface area contributed by atoms with Crippen molar-refractivity contribution in [3.63, 3.8) is 0 Å². The minimum atomic E-state index is -0.0731. The number of aryl methyl sites for hydroxylation is 1. The molecule has 0 aliphatic heterocycles. The Morgan fingerprint density at radius 2 is 1.97 bits per heavy atom. The van der Waals surface area contributed by atoms with Gasteiger partial charge < -0.3 is 5.32 Å². The fraction of sp³-hybridized carbons (Fsp3) is 0.227. The van der Waals surface area contributed by atoms with Gasteiger partial charge in [-0.2, -0.15) is 5.10 Å². The molecule has 2 aromatic heterocycles. The maximum Gasteiger partial charge on any atom is 0.229 e.